The number of para-hydroxylation sites is 1. The number of hydrogen-bond donors (Lipinski definition) is 1. The highest BCUT2D eigenvalue weighted by Gasteiger charge is 2.21. The first-order chi connectivity index (χ1) is 12.9. The fourth-order valence-corrected chi connectivity index (χ4v) is 3.92. The third-order valence-corrected chi connectivity index (χ3v) is 5.61. The number of benzene rings is 2. The van der Waals surface area contributed by atoms with E-state index in [-0.39, 0.29) is 10.7 Å². The van der Waals surface area contributed by atoms with Gasteiger partial charge in [-0.25, -0.2) is 22.6 Å². The molecule has 6 nitrogen and oxygen atoms in total. The number of aryl methyl sites for hydroxylation is 1. The monoisotopic (exact) mass is 386 g/mol. The molecule has 0 unspecified atom stereocenters. The molecule has 1 aliphatic heterocycles. The molecule has 8 heteroatoms. The van der Waals surface area contributed by atoms with Crippen molar-refractivity contribution in [2.75, 3.05) is 11.4 Å². The van der Waals surface area contributed by atoms with Crippen LogP contribution in [-0.4, -0.2) is 24.7 Å². The average Bonchev–Trinajstić information content (AvgIpc) is 3.09. The maximum Gasteiger partial charge on any atom is 0.238 e. The van der Waals surface area contributed by atoms with Crippen LogP contribution in [0.25, 0.3) is 5.69 Å². The van der Waals surface area contributed by atoms with Gasteiger partial charge in [0.15, 0.2) is 0 Å². The van der Waals surface area contributed by atoms with Crippen molar-refractivity contribution in [2.24, 2.45) is 5.14 Å². The number of nitrogens with zero attached hydrogens (tertiary/aromatic N) is 3. The van der Waals surface area contributed by atoms with Gasteiger partial charge in [-0.05, 0) is 48.7 Å². The van der Waals surface area contributed by atoms with E-state index < -0.39 is 10.0 Å². The van der Waals surface area contributed by atoms with Gasteiger partial charge in [-0.1, -0.05) is 18.2 Å². The molecule has 0 radical (unpaired) electrons. The molecule has 2 N–H and O–H groups in total. The van der Waals surface area contributed by atoms with Gasteiger partial charge in [0.25, 0.3) is 0 Å². The molecule has 140 valence electrons. The van der Waals surface area contributed by atoms with Gasteiger partial charge >= 0.3 is 0 Å². The number of nitrogens with two attached hydrogens (primary N) is 1. The quantitative estimate of drug-likeness (QED) is 0.747. The van der Waals surface area contributed by atoms with Gasteiger partial charge in [0.2, 0.25) is 10.0 Å². The van der Waals surface area contributed by atoms with E-state index in [2.05, 4.69) is 10.00 Å². The zero-order valence-corrected chi connectivity index (χ0v) is 15.4. The summed E-state index contributed by atoms with van der Waals surface area (Å²) < 4.78 is 38.8. The molecule has 0 saturated heterocycles. The van der Waals surface area contributed by atoms with E-state index in [1.165, 1.54) is 10.7 Å². The molecular weight excluding hydrogens is 367 g/mol. The van der Waals surface area contributed by atoms with Crippen LogP contribution < -0.4 is 10.0 Å². The number of primary sulfonamides is 1. The minimum Gasteiger partial charge on any atom is -0.365 e. The minimum absolute atomic E-state index is 0.102. The summed E-state index contributed by atoms with van der Waals surface area (Å²) in [6.07, 6.45) is 3.58. The van der Waals surface area contributed by atoms with Crippen LogP contribution in [-0.2, 0) is 23.0 Å². The fourth-order valence-electron chi connectivity index (χ4n) is 3.38. The Morgan fingerprint density at radius 3 is 2.70 bits per heavy atom. The van der Waals surface area contributed by atoms with Crippen LogP contribution in [0.15, 0.2) is 59.6 Å². The molecule has 1 aromatic heterocycles. The number of sulfonamides is 1. The van der Waals surface area contributed by atoms with Crippen molar-refractivity contribution in [3.63, 3.8) is 0 Å². The summed E-state index contributed by atoms with van der Waals surface area (Å²) in [5.41, 5.74) is 3.10. The SMILES string of the molecule is NS(=O)(=O)c1ccc2c(c1)N(Cc1ccn(-c3ccccc3F)n1)CCC2. The summed E-state index contributed by atoms with van der Waals surface area (Å²) in [4.78, 5) is 2.19. The van der Waals surface area contributed by atoms with E-state index in [0.29, 0.717) is 12.2 Å². The smallest absolute Gasteiger partial charge is 0.238 e. The predicted molar refractivity (Wildman–Crippen MR) is 101 cm³/mol. The molecule has 1 aliphatic rings. The fraction of sp³-hybridized carbons (Fsp3) is 0.211. The zero-order valence-electron chi connectivity index (χ0n) is 14.5. The van der Waals surface area contributed by atoms with Crippen LogP contribution in [0.4, 0.5) is 10.1 Å². The van der Waals surface area contributed by atoms with Crippen molar-refractivity contribution in [2.45, 2.75) is 24.3 Å². The Bertz CT molecular complexity index is 1090. The minimum atomic E-state index is -3.76. The van der Waals surface area contributed by atoms with Crippen LogP contribution in [0.2, 0.25) is 0 Å². The Labute approximate surface area is 157 Å². The summed E-state index contributed by atoms with van der Waals surface area (Å²) in [5.74, 6) is -0.340. The van der Waals surface area contributed by atoms with Gasteiger partial charge in [0.05, 0.1) is 17.1 Å². The highest BCUT2D eigenvalue weighted by Crippen LogP contribution is 2.30. The lowest BCUT2D eigenvalue weighted by molar-refractivity contribution is 0.597. The number of rotatable bonds is 4. The Balaban J connectivity index is 1.63. The third kappa shape index (κ3) is 3.58. The van der Waals surface area contributed by atoms with Gasteiger partial charge in [0, 0.05) is 18.4 Å². The molecule has 2 heterocycles. The molecule has 0 aliphatic carbocycles. The van der Waals surface area contributed by atoms with Crippen molar-refractivity contribution >= 4 is 15.7 Å². The van der Waals surface area contributed by atoms with Gasteiger partial charge in [-0.15, -0.1) is 0 Å². The zero-order chi connectivity index (χ0) is 19.0. The van der Waals surface area contributed by atoms with Crippen molar-refractivity contribution in [1.82, 2.24) is 9.78 Å². The Morgan fingerprint density at radius 1 is 1.11 bits per heavy atom. The lowest BCUT2D eigenvalue weighted by atomic mass is 10.0. The number of hydrogen-bond acceptors (Lipinski definition) is 4. The number of halogens is 1. The number of anilines is 1. The largest absolute Gasteiger partial charge is 0.365 e. The standard InChI is InChI=1S/C19H19FN4O2S/c20-17-5-1-2-6-18(17)24-11-9-15(22-24)13-23-10-3-4-14-7-8-16(12-19(14)23)27(21,25)26/h1-2,5-9,11-12H,3-4,10,13H2,(H2,21,25,26). The molecule has 0 atom stereocenters. The molecule has 3 aromatic rings. The lowest BCUT2D eigenvalue weighted by Gasteiger charge is -2.31. The van der Waals surface area contributed by atoms with Crippen LogP contribution >= 0.6 is 0 Å². The maximum absolute atomic E-state index is 14.0. The molecule has 0 bridgehead atoms. The van der Waals surface area contributed by atoms with Crippen LogP contribution in [0.1, 0.15) is 17.7 Å². The summed E-state index contributed by atoms with van der Waals surface area (Å²) in [7, 11) is -3.76. The first-order valence-corrected chi connectivity index (χ1v) is 10.2. The second-order valence-corrected chi connectivity index (χ2v) is 8.13. The summed E-state index contributed by atoms with van der Waals surface area (Å²) in [5, 5.41) is 9.74. The van der Waals surface area contributed by atoms with E-state index in [4.69, 9.17) is 5.14 Å². The molecule has 0 saturated carbocycles. The first kappa shape index (κ1) is 17.7. The number of aromatic nitrogens is 2. The van der Waals surface area contributed by atoms with Crippen LogP contribution in [0.3, 0.4) is 0 Å². The van der Waals surface area contributed by atoms with E-state index in [1.54, 1.807) is 36.5 Å². The summed E-state index contributed by atoms with van der Waals surface area (Å²) >= 11 is 0. The predicted octanol–water partition coefficient (Wildman–Crippen LogP) is 2.61. The second-order valence-electron chi connectivity index (χ2n) is 6.56. The molecular formula is C19H19FN4O2S. The van der Waals surface area contributed by atoms with E-state index in [1.807, 2.05) is 12.1 Å². The van der Waals surface area contributed by atoms with Crippen molar-refractivity contribution < 1.29 is 12.8 Å². The first-order valence-electron chi connectivity index (χ1n) is 8.62. The van der Waals surface area contributed by atoms with Gasteiger partial charge < -0.3 is 4.90 Å². The van der Waals surface area contributed by atoms with Crippen molar-refractivity contribution in [3.8, 4) is 5.69 Å². The summed E-state index contributed by atoms with van der Waals surface area (Å²) in [6.45, 7) is 1.29. The maximum atomic E-state index is 14.0. The molecule has 0 amide bonds. The van der Waals surface area contributed by atoms with Crippen molar-refractivity contribution in [1.29, 1.82) is 0 Å². The Kier molecular flexibility index (Phi) is 4.45. The van der Waals surface area contributed by atoms with Crippen LogP contribution in [0.5, 0.6) is 0 Å². The Hall–Kier alpha value is -2.71. The van der Waals surface area contributed by atoms with Crippen molar-refractivity contribution in [3.05, 3.63) is 71.8 Å². The average molecular weight is 386 g/mol. The topological polar surface area (TPSA) is 81.2 Å². The number of fused-ring (bicyclic) bond motifs is 1. The van der Waals surface area contributed by atoms with E-state index in [9.17, 15) is 12.8 Å². The molecule has 4 rings (SSSR count). The Morgan fingerprint density at radius 2 is 1.93 bits per heavy atom. The molecule has 0 fully saturated rings. The molecule has 27 heavy (non-hydrogen) atoms. The van der Waals surface area contributed by atoms with E-state index >= 15 is 0 Å². The highest BCUT2D eigenvalue weighted by molar-refractivity contribution is 7.89. The third-order valence-electron chi connectivity index (χ3n) is 4.70. The van der Waals surface area contributed by atoms with Gasteiger partial charge in [-0.3, -0.25) is 0 Å². The lowest BCUT2D eigenvalue weighted by Crippen LogP contribution is -2.29. The normalized spacial score (nSPS) is 14.2. The van der Waals surface area contributed by atoms with Gasteiger partial charge in [-0.2, -0.15) is 5.10 Å². The van der Waals surface area contributed by atoms with Gasteiger partial charge in [0.1, 0.15) is 11.5 Å². The molecule has 2 aromatic carbocycles. The van der Waals surface area contributed by atoms with Crippen LogP contribution in [0, 0.1) is 5.82 Å². The summed E-state index contributed by atoms with van der Waals surface area (Å²) in [6, 6.07) is 13.3. The second kappa shape index (κ2) is 6.79. The highest BCUT2D eigenvalue weighted by atomic mass is 32.2. The van der Waals surface area contributed by atoms with E-state index in [0.717, 1.165) is 36.3 Å². The molecule has 0 spiro atoms.